The predicted octanol–water partition coefficient (Wildman–Crippen LogP) is 12.5. The van der Waals surface area contributed by atoms with Crippen molar-refractivity contribution in [2.24, 2.45) is 13.0 Å². The lowest BCUT2D eigenvalue weighted by atomic mass is 9.86. The number of halogens is 2. The molecule has 0 saturated carbocycles. The van der Waals surface area contributed by atoms with Crippen LogP contribution in [-0.4, -0.2) is 155 Å². The number of anilines is 1. The summed E-state index contributed by atoms with van der Waals surface area (Å²) < 4.78 is 62.3. The van der Waals surface area contributed by atoms with Crippen molar-refractivity contribution in [2.75, 3.05) is 77.1 Å². The van der Waals surface area contributed by atoms with E-state index in [1.165, 1.54) is 11.6 Å². The molecule has 1 N–H and O–H groups in total. The summed E-state index contributed by atoms with van der Waals surface area (Å²) in [6, 6.07) is 13.8. The number of fused-ring (bicyclic) bond motifs is 4. The number of rotatable bonds is 17. The predicted molar refractivity (Wildman–Crippen MR) is 343 cm³/mol. The summed E-state index contributed by atoms with van der Waals surface area (Å²) >= 11 is 0. The number of benzene rings is 3. The highest BCUT2D eigenvalue weighted by molar-refractivity contribution is 6.78. The highest BCUT2D eigenvalue weighted by Crippen LogP contribution is 2.48. The van der Waals surface area contributed by atoms with Gasteiger partial charge in [-0.05, 0) is 177 Å². The highest BCUT2D eigenvalue weighted by Gasteiger charge is 2.51. The van der Waals surface area contributed by atoms with Crippen molar-refractivity contribution in [3.8, 4) is 23.0 Å². The van der Waals surface area contributed by atoms with E-state index in [0.717, 1.165) is 119 Å². The number of nitrogens with one attached hydrogen (secondary N) is 1. The van der Waals surface area contributed by atoms with Crippen molar-refractivity contribution >= 4 is 64.6 Å². The molecule has 0 radical (unpaired) electrons. The van der Waals surface area contributed by atoms with Crippen LogP contribution in [0.4, 0.5) is 19.4 Å². The van der Waals surface area contributed by atoms with E-state index in [4.69, 9.17) is 38.7 Å². The third-order valence-electron chi connectivity index (χ3n) is 22.0. The molecule has 0 bridgehead atoms. The topological polar surface area (TPSA) is 170 Å². The lowest BCUT2D eigenvalue weighted by molar-refractivity contribution is -0.151. The van der Waals surface area contributed by atoms with Gasteiger partial charge in [0.25, 0.3) is 8.32 Å². The zero-order valence-electron chi connectivity index (χ0n) is 53.5. The van der Waals surface area contributed by atoms with Gasteiger partial charge < -0.3 is 33.3 Å². The molecule has 1 spiro atoms. The zero-order chi connectivity index (χ0) is 62.1. The van der Waals surface area contributed by atoms with Gasteiger partial charge in [-0.1, -0.05) is 60.6 Å². The molecule has 10 heterocycles. The molecule has 6 aromatic rings. The lowest BCUT2D eigenvalue weighted by Gasteiger charge is -2.48. The minimum absolute atomic E-state index is 0.0391. The Morgan fingerprint density at radius 1 is 0.854 bits per heavy atom. The van der Waals surface area contributed by atoms with Crippen LogP contribution in [0.3, 0.4) is 0 Å². The van der Waals surface area contributed by atoms with E-state index in [1.54, 1.807) is 12.3 Å². The number of imide groups is 1. The molecule has 13 rings (SSSR count). The molecule has 7 aliphatic rings. The Morgan fingerprint density at radius 2 is 1.62 bits per heavy atom. The van der Waals surface area contributed by atoms with Gasteiger partial charge in [0, 0.05) is 75.8 Å². The quantitative estimate of drug-likeness (QED) is 0.0676. The van der Waals surface area contributed by atoms with Gasteiger partial charge in [-0.3, -0.25) is 29.5 Å². The molecule has 3 amide bonds. The molecular weight excluding hydrogens is 1150 g/mol. The van der Waals surface area contributed by atoms with E-state index in [0.29, 0.717) is 111 Å². The maximum absolute atomic E-state index is 18.1. The molecule has 7 aliphatic heterocycles. The summed E-state index contributed by atoms with van der Waals surface area (Å²) in [7, 11) is -0.564. The maximum Gasteiger partial charge on any atom is 0.409 e. The molecule has 89 heavy (non-hydrogen) atoms. The molecule has 7 saturated heterocycles. The number of likely N-dealkylation sites (tertiary alicyclic amines) is 2. The van der Waals surface area contributed by atoms with E-state index >= 15 is 8.78 Å². The molecule has 7 fully saturated rings. The Balaban J connectivity index is 0.670. The van der Waals surface area contributed by atoms with Crippen molar-refractivity contribution < 1.29 is 41.8 Å². The number of aryl methyl sites for hydroxylation is 2. The van der Waals surface area contributed by atoms with E-state index in [9.17, 15) is 14.4 Å². The molecule has 0 aliphatic carbocycles. The SMILES string of the molecule is CCc1c(F)ccc2cc(O[Si](C(C)C)(C(C)C)C(C)C)cc(-c3ncc4c(N5CCC[C@]6(CCO6)C5)nc(OC[C@@]56CCCN5[C@H](COC(=O)N5CCC(CN7CCC(c8ccc9c(c8)c(C8CCC(=O)NC8=O)nn9C)CC7)CC5)CC6)nc4c3F)c12. The Bertz CT molecular complexity index is 3650. The number of piperidine rings is 4. The fourth-order valence-electron chi connectivity index (χ4n) is 17.3. The zero-order valence-corrected chi connectivity index (χ0v) is 54.5. The molecule has 1 unspecified atom stereocenters. The van der Waals surface area contributed by atoms with E-state index < -0.39 is 20.1 Å². The minimum Gasteiger partial charge on any atom is -0.543 e. The first kappa shape index (κ1) is 61.5. The van der Waals surface area contributed by atoms with Gasteiger partial charge >= 0.3 is 12.1 Å². The van der Waals surface area contributed by atoms with E-state index in [-0.39, 0.29) is 74.8 Å². The first-order valence-corrected chi connectivity index (χ1v) is 35.5. The number of aromatic nitrogens is 5. The summed E-state index contributed by atoms with van der Waals surface area (Å²) in [5.41, 5.74) is 4.41. The Morgan fingerprint density at radius 3 is 2.34 bits per heavy atom. The van der Waals surface area contributed by atoms with Gasteiger partial charge in [0.05, 0.1) is 40.3 Å². The third-order valence-corrected chi connectivity index (χ3v) is 28.0. The van der Waals surface area contributed by atoms with E-state index in [1.807, 2.05) is 35.7 Å². The number of hydrogen-bond acceptors (Lipinski definition) is 14. The van der Waals surface area contributed by atoms with Crippen molar-refractivity contribution in [2.45, 2.75) is 184 Å². The molecule has 3 aromatic carbocycles. The summed E-state index contributed by atoms with van der Waals surface area (Å²) in [6.45, 7) is 23.2. The second-order valence-corrected chi connectivity index (χ2v) is 33.4. The first-order valence-electron chi connectivity index (χ1n) is 33.4. The van der Waals surface area contributed by atoms with E-state index in [2.05, 4.69) is 79.8 Å². The highest BCUT2D eigenvalue weighted by atomic mass is 28.4. The minimum atomic E-state index is -2.47. The van der Waals surface area contributed by atoms with Gasteiger partial charge in [-0.25, -0.2) is 13.6 Å². The monoisotopic (exact) mass is 1240 g/mol. The molecular formula is C69H90F2N10O7Si. The Labute approximate surface area is 523 Å². The van der Waals surface area contributed by atoms with Crippen LogP contribution >= 0.6 is 0 Å². The molecule has 17 nitrogen and oxygen atoms in total. The second kappa shape index (κ2) is 24.7. The van der Waals surface area contributed by atoms with Crippen LogP contribution in [0.5, 0.6) is 11.8 Å². The fourth-order valence-corrected chi connectivity index (χ4v) is 22.5. The number of ether oxygens (including phenoxy) is 3. The number of amides is 3. The fraction of sp³-hybridized carbons (Fsp3) is 0.609. The average molecular weight is 1240 g/mol. The Hall–Kier alpha value is -6.35. The van der Waals surface area contributed by atoms with Crippen LogP contribution in [0, 0.1) is 17.6 Å². The number of hydrogen-bond donors (Lipinski definition) is 1. The summed E-state index contributed by atoms with van der Waals surface area (Å²) in [6.07, 6.45) is 13.0. The van der Waals surface area contributed by atoms with Crippen molar-refractivity contribution in [1.29, 1.82) is 0 Å². The molecule has 20 heteroatoms. The number of carbonyl (C=O) groups is 3. The van der Waals surface area contributed by atoms with Crippen molar-refractivity contribution in [1.82, 2.24) is 44.7 Å². The Kier molecular flexibility index (Phi) is 17.1. The number of pyridine rings is 1. The van der Waals surface area contributed by atoms with Gasteiger partial charge in [0.15, 0.2) is 5.82 Å². The smallest absolute Gasteiger partial charge is 0.409 e. The van der Waals surface area contributed by atoms with Gasteiger partial charge in [-0.15, -0.1) is 0 Å². The first-order chi connectivity index (χ1) is 42.9. The second-order valence-electron chi connectivity index (χ2n) is 28.1. The average Bonchev–Trinajstić information content (AvgIpc) is 2.12. The number of nitrogens with zero attached hydrogens (tertiary/aromatic N) is 9. The summed E-state index contributed by atoms with van der Waals surface area (Å²) in [5, 5.41) is 10.1. The molecule has 3 aromatic heterocycles. The van der Waals surface area contributed by atoms with Gasteiger partial charge in [-0.2, -0.15) is 15.1 Å². The van der Waals surface area contributed by atoms with Crippen LogP contribution < -0.4 is 19.4 Å². The normalized spacial score (nSPS) is 24.3. The largest absolute Gasteiger partial charge is 0.543 e. The van der Waals surface area contributed by atoms with Crippen LogP contribution in [0.2, 0.25) is 16.6 Å². The van der Waals surface area contributed by atoms with Crippen molar-refractivity contribution in [3.05, 3.63) is 77.1 Å². The van der Waals surface area contributed by atoms with Crippen LogP contribution in [0.15, 0.2) is 48.7 Å². The van der Waals surface area contributed by atoms with Gasteiger partial charge in [0.2, 0.25) is 11.8 Å². The maximum atomic E-state index is 18.1. The van der Waals surface area contributed by atoms with Crippen molar-refractivity contribution in [3.63, 3.8) is 0 Å². The molecule has 476 valence electrons. The summed E-state index contributed by atoms with van der Waals surface area (Å²) in [4.78, 5) is 62.6. The number of carbonyl (C=O) groups excluding carboxylic acids is 3. The lowest BCUT2D eigenvalue weighted by Crippen LogP contribution is -2.56. The van der Waals surface area contributed by atoms with Crippen LogP contribution in [0.1, 0.15) is 161 Å². The third kappa shape index (κ3) is 11.5. The molecule has 4 atom stereocenters. The van der Waals surface area contributed by atoms with Crippen LogP contribution in [-0.2, 0) is 32.5 Å². The van der Waals surface area contributed by atoms with Crippen LogP contribution in [0.25, 0.3) is 43.8 Å². The van der Waals surface area contributed by atoms with Gasteiger partial charge in [0.1, 0.15) is 41.8 Å². The summed E-state index contributed by atoms with van der Waals surface area (Å²) in [5.74, 6) is 0.229. The standard InChI is InChI=1S/C69H90F2N10O7Si/c1-9-51-56(70)15-12-48-34-50(88-89(42(2)3,43(4)5)44(6)7)36-54(59(48)51)62-60(71)63-55(37-72-62)64(80-27-11-24-69(40-80)26-33-87-69)75-66(74-63)86-41-68-23-10-28-81(68)49(18-25-68)39-85-67(84)79-31-19-45(20-32-79)38-78-29-21-46(22-30-78)47-13-16-57-53(35-47)61(76-77(57)8)52-14-17-58(82)73-65(52)83/h12-13,15-16,34-37,42-46,49,52H,9-11,14,17-33,38-41H2,1-8H3,(H,73,82,83)/t49-,52?,68-,69-/m0/s1.